The summed E-state index contributed by atoms with van der Waals surface area (Å²) in [5.74, 6) is 0.959. The van der Waals surface area contributed by atoms with Crippen molar-refractivity contribution in [1.82, 2.24) is 14.7 Å². The van der Waals surface area contributed by atoms with Crippen molar-refractivity contribution in [3.8, 4) is 0 Å². The van der Waals surface area contributed by atoms with Gasteiger partial charge in [-0.2, -0.15) is 4.37 Å². The number of hydrogen-bond acceptors (Lipinski definition) is 5. The van der Waals surface area contributed by atoms with E-state index >= 15 is 0 Å². The van der Waals surface area contributed by atoms with E-state index in [1.165, 1.54) is 22.7 Å². The Bertz CT molecular complexity index is 515. The molecule has 5 heteroatoms. The second kappa shape index (κ2) is 6.70. The van der Waals surface area contributed by atoms with Crippen LogP contribution in [0, 0.1) is 0 Å². The average molecular weight is 307 g/mol. The van der Waals surface area contributed by atoms with Crippen LogP contribution in [0.3, 0.4) is 0 Å². The Labute approximate surface area is 129 Å². The molecule has 20 heavy (non-hydrogen) atoms. The lowest BCUT2D eigenvalue weighted by molar-refractivity contribution is 0.588. The lowest BCUT2D eigenvalue weighted by Crippen LogP contribution is -2.19. The molecule has 1 N–H and O–H groups in total. The van der Waals surface area contributed by atoms with Gasteiger partial charge in [0.2, 0.25) is 0 Å². The molecule has 1 aromatic heterocycles. The molecule has 3 nitrogen and oxygen atoms in total. The summed E-state index contributed by atoms with van der Waals surface area (Å²) in [4.78, 5) is 4.21. The molecular formula is C15H21N3S2. The monoisotopic (exact) mass is 307 g/mol. The minimum absolute atomic E-state index is 0.203. The maximum atomic E-state index is 4.21. The van der Waals surface area contributed by atoms with Crippen LogP contribution in [0.4, 0.5) is 0 Å². The van der Waals surface area contributed by atoms with Crippen molar-refractivity contribution < 1.29 is 0 Å². The van der Waals surface area contributed by atoms with Crippen LogP contribution in [0.15, 0.2) is 34.9 Å². The fraction of sp³-hybridized carbons (Fsp3) is 0.467. The van der Waals surface area contributed by atoms with Gasteiger partial charge in [-0.25, -0.2) is 4.98 Å². The van der Waals surface area contributed by atoms with Crippen LogP contribution in [-0.4, -0.2) is 22.2 Å². The number of nitrogens with one attached hydrogen (secondary N) is 1. The van der Waals surface area contributed by atoms with E-state index in [2.05, 4.69) is 59.7 Å². The van der Waals surface area contributed by atoms with Gasteiger partial charge in [-0.15, -0.1) is 0 Å². The van der Waals surface area contributed by atoms with Crippen LogP contribution in [0.25, 0.3) is 0 Å². The first-order chi connectivity index (χ1) is 9.50. The molecule has 1 heterocycles. The molecule has 108 valence electrons. The SMILES string of the molecule is CNC(CSc1ncns1)c1ccc(C(C)(C)C)cc1. The van der Waals surface area contributed by atoms with Crippen LogP contribution in [0.2, 0.25) is 0 Å². The van der Waals surface area contributed by atoms with Crippen LogP contribution >= 0.6 is 23.3 Å². The van der Waals surface area contributed by atoms with Crippen LogP contribution in [0.1, 0.15) is 37.9 Å². The number of aromatic nitrogens is 2. The molecule has 0 aliphatic carbocycles. The molecule has 1 unspecified atom stereocenters. The van der Waals surface area contributed by atoms with Gasteiger partial charge >= 0.3 is 0 Å². The van der Waals surface area contributed by atoms with Crippen molar-refractivity contribution in [3.63, 3.8) is 0 Å². The Morgan fingerprint density at radius 1 is 1.25 bits per heavy atom. The predicted molar refractivity (Wildman–Crippen MR) is 87.6 cm³/mol. The first-order valence-electron chi connectivity index (χ1n) is 6.68. The Hall–Kier alpha value is -0.910. The standard InChI is InChI=1S/C15H21N3S2/c1-15(2,3)12-7-5-11(6-8-12)13(16-4)9-19-14-17-10-18-20-14/h5-8,10,13,16H,9H2,1-4H3. The normalized spacial score (nSPS) is 13.4. The highest BCUT2D eigenvalue weighted by atomic mass is 32.2. The summed E-state index contributed by atoms with van der Waals surface area (Å²) in [6.45, 7) is 6.72. The third-order valence-electron chi connectivity index (χ3n) is 3.24. The third-order valence-corrected chi connectivity index (χ3v) is 5.13. The zero-order chi connectivity index (χ0) is 14.6. The third kappa shape index (κ3) is 4.04. The summed E-state index contributed by atoms with van der Waals surface area (Å²) >= 11 is 3.20. The number of nitrogens with zero attached hydrogens (tertiary/aromatic N) is 2. The van der Waals surface area contributed by atoms with Gasteiger partial charge in [0.25, 0.3) is 0 Å². The summed E-state index contributed by atoms with van der Waals surface area (Å²) in [7, 11) is 2.00. The first-order valence-corrected chi connectivity index (χ1v) is 8.44. The molecule has 0 bridgehead atoms. The molecule has 0 radical (unpaired) electrons. The molecule has 0 saturated carbocycles. The molecule has 0 fully saturated rings. The van der Waals surface area contributed by atoms with E-state index in [9.17, 15) is 0 Å². The maximum absolute atomic E-state index is 4.21. The van der Waals surface area contributed by atoms with Crippen LogP contribution < -0.4 is 5.32 Å². The zero-order valence-corrected chi connectivity index (χ0v) is 14.0. The van der Waals surface area contributed by atoms with E-state index in [4.69, 9.17) is 0 Å². The Balaban J connectivity index is 2.04. The molecule has 0 aliphatic rings. The highest BCUT2D eigenvalue weighted by Crippen LogP contribution is 2.27. The van der Waals surface area contributed by atoms with Gasteiger partial charge in [0, 0.05) is 11.8 Å². The van der Waals surface area contributed by atoms with Gasteiger partial charge in [-0.3, -0.25) is 0 Å². The van der Waals surface area contributed by atoms with Gasteiger partial charge in [0.1, 0.15) is 6.33 Å². The maximum Gasteiger partial charge on any atom is 0.169 e. The van der Waals surface area contributed by atoms with Gasteiger partial charge in [0.15, 0.2) is 4.34 Å². The minimum Gasteiger partial charge on any atom is -0.312 e. The molecular weight excluding hydrogens is 286 g/mol. The smallest absolute Gasteiger partial charge is 0.169 e. The molecule has 0 spiro atoms. The second-order valence-corrected chi connectivity index (χ2v) is 7.78. The van der Waals surface area contributed by atoms with Crippen molar-refractivity contribution >= 4 is 23.3 Å². The summed E-state index contributed by atoms with van der Waals surface area (Å²) in [6, 6.07) is 9.24. The van der Waals surface area contributed by atoms with E-state index in [-0.39, 0.29) is 5.41 Å². The number of hydrogen-bond donors (Lipinski definition) is 1. The molecule has 2 aromatic rings. The summed E-state index contributed by atoms with van der Waals surface area (Å²) < 4.78 is 5.05. The van der Waals surface area contributed by atoms with Crippen molar-refractivity contribution in [1.29, 1.82) is 0 Å². The average Bonchev–Trinajstić information content (AvgIpc) is 2.92. The highest BCUT2D eigenvalue weighted by molar-refractivity contribution is 8.00. The molecule has 2 rings (SSSR count). The molecule has 0 saturated heterocycles. The second-order valence-electron chi connectivity index (χ2n) is 5.73. The Morgan fingerprint density at radius 3 is 2.45 bits per heavy atom. The van der Waals surface area contributed by atoms with Gasteiger partial charge in [-0.05, 0) is 35.1 Å². The van der Waals surface area contributed by atoms with E-state index < -0.39 is 0 Å². The largest absolute Gasteiger partial charge is 0.312 e. The highest BCUT2D eigenvalue weighted by Gasteiger charge is 2.15. The quantitative estimate of drug-likeness (QED) is 0.851. The topological polar surface area (TPSA) is 37.8 Å². The Kier molecular flexibility index (Phi) is 5.18. The summed E-state index contributed by atoms with van der Waals surface area (Å²) in [6.07, 6.45) is 1.61. The van der Waals surface area contributed by atoms with Crippen LogP contribution in [-0.2, 0) is 5.41 Å². The summed E-state index contributed by atoms with van der Waals surface area (Å²) in [5, 5.41) is 3.37. The number of thioether (sulfide) groups is 1. The number of rotatable bonds is 5. The molecule has 0 amide bonds. The first kappa shape index (κ1) is 15.5. The van der Waals surface area contributed by atoms with Gasteiger partial charge in [0.05, 0.1) is 0 Å². The zero-order valence-electron chi connectivity index (χ0n) is 12.4. The van der Waals surface area contributed by atoms with Gasteiger partial charge in [-0.1, -0.05) is 56.8 Å². The van der Waals surface area contributed by atoms with Crippen molar-refractivity contribution in [2.24, 2.45) is 0 Å². The molecule has 1 atom stereocenters. The molecule has 0 aliphatic heterocycles. The fourth-order valence-electron chi connectivity index (χ4n) is 1.94. The lowest BCUT2D eigenvalue weighted by atomic mass is 9.86. The van der Waals surface area contributed by atoms with Gasteiger partial charge < -0.3 is 5.32 Å². The van der Waals surface area contributed by atoms with E-state index in [0.29, 0.717) is 6.04 Å². The Morgan fingerprint density at radius 2 is 1.95 bits per heavy atom. The van der Waals surface area contributed by atoms with E-state index in [1.807, 2.05) is 7.05 Å². The van der Waals surface area contributed by atoms with Crippen molar-refractivity contribution in [3.05, 3.63) is 41.7 Å². The summed E-state index contributed by atoms with van der Waals surface area (Å²) in [5.41, 5.74) is 2.89. The number of benzene rings is 1. The minimum atomic E-state index is 0.203. The van der Waals surface area contributed by atoms with Crippen molar-refractivity contribution in [2.75, 3.05) is 12.8 Å². The van der Waals surface area contributed by atoms with E-state index in [1.54, 1.807) is 18.1 Å². The fourth-order valence-corrected chi connectivity index (χ4v) is 3.56. The lowest BCUT2D eigenvalue weighted by Gasteiger charge is -2.21. The van der Waals surface area contributed by atoms with Crippen molar-refractivity contribution in [2.45, 2.75) is 36.6 Å². The molecule has 1 aromatic carbocycles. The van der Waals surface area contributed by atoms with E-state index in [0.717, 1.165) is 10.1 Å². The predicted octanol–water partition coefficient (Wildman–Crippen LogP) is 3.89. The van der Waals surface area contributed by atoms with Crippen LogP contribution in [0.5, 0.6) is 0 Å².